The SMILES string of the molecule is CSCC[C@H](NC1CC(C)(C)OC(C)(C)C1)C(=O)O. The van der Waals surface area contributed by atoms with Crippen molar-refractivity contribution in [1.82, 2.24) is 5.32 Å². The topological polar surface area (TPSA) is 58.6 Å². The van der Waals surface area contributed by atoms with Crippen LogP contribution in [0.3, 0.4) is 0 Å². The van der Waals surface area contributed by atoms with Crippen LogP contribution in [0.15, 0.2) is 0 Å². The molecule has 0 amide bonds. The molecule has 2 N–H and O–H groups in total. The van der Waals surface area contributed by atoms with Crippen molar-refractivity contribution in [1.29, 1.82) is 0 Å². The summed E-state index contributed by atoms with van der Waals surface area (Å²) < 4.78 is 6.02. The summed E-state index contributed by atoms with van der Waals surface area (Å²) in [5.74, 6) is 0.108. The molecule has 1 aliphatic rings. The van der Waals surface area contributed by atoms with Gasteiger partial charge >= 0.3 is 5.97 Å². The molecule has 4 nitrogen and oxygen atoms in total. The van der Waals surface area contributed by atoms with Crippen LogP contribution in [0.1, 0.15) is 47.0 Å². The van der Waals surface area contributed by atoms with E-state index in [1.807, 2.05) is 6.26 Å². The van der Waals surface area contributed by atoms with Crippen LogP contribution >= 0.6 is 11.8 Å². The quantitative estimate of drug-likeness (QED) is 0.787. The van der Waals surface area contributed by atoms with Crippen LogP contribution in [0.2, 0.25) is 0 Å². The third-order valence-electron chi connectivity index (χ3n) is 3.37. The van der Waals surface area contributed by atoms with E-state index in [4.69, 9.17) is 4.74 Å². The molecular weight excluding hydrogens is 262 g/mol. The first-order valence-electron chi connectivity index (χ1n) is 6.83. The van der Waals surface area contributed by atoms with Gasteiger partial charge in [-0.05, 0) is 59.0 Å². The average molecular weight is 289 g/mol. The van der Waals surface area contributed by atoms with Crippen LogP contribution in [0, 0.1) is 0 Å². The first kappa shape index (κ1) is 16.8. The van der Waals surface area contributed by atoms with Crippen LogP contribution in [0.5, 0.6) is 0 Å². The Morgan fingerprint density at radius 3 is 2.32 bits per heavy atom. The summed E-state index contributed by atoms with van der Waals surface area (Å²) in [5.41, 5.74) is -0.413. The first-order chi connectivity index (χ1) is 8.65. The Labute approximate surface area is 120 Å². The zero-order valence-corrected chi connectivity index (χ0v) is 13.5. The number of carboxylic acid groups (broad SMARTS) is 1. The highest BCUT2D eigenvalue weighted by molar-refractivity contribution is 7.98. The maximum absolute atomic E-state index is 11.3. The van der Waals surface area contributed by atoms with Gasteiger partial charge in [0.05, 0.1) is 11.2 Å². The van der Waals surface area contributed by atoms with Crippen molar-refractivity contribution in [3.8, 4) is 0 Å². The maximum atomic E-state index is 11.3. The van der Waals surface area contributed by atoms with Gasteiger partial charge in [0.1, 0.15) is 6.04 Å². The summed E-state index contributed by atoms with van der Waals surface area (Å²) in [6.45, 7) is 8.28. The van der Waals surface area contributed by atoms with E-state index in [2.05, 4.69) is 33.0 Å². The number of hydrogen-bond acceptors (Lipinski definition) is 4. The molecule has 5 heteroatoms. The fourth-order valence-corrected chi connectivity index (χ4v) is 3.48. The zero-order valence-electron chi connectivity index (χ0n) is 12.7. The Balaban J connectivity index is 2.65. The largest absolute Gasteiger partial charge is 0.480 e. The molecule has 1 aliphatic heterocycles. The number of nitrogens with one attached hydrogen (secondary N) is 1. The summed E-state index contributed by atoms with van der Waals surface area (Å²) in [6.07, 6.45) is 4.35. The molecule has 19 heavy (non-hydrogen) atoms. The van der Waals surface area contributed by atoms with Gasteiger partial charge < -0.3 is 15.2 Å². The molecule has 0 aromatic rings. The van der Waals surface area contributed by atoms with Crippen molar-refractivity contribution in [3.05, 3.63) is 0 Å². The summed E-state index contributed by atoms with van der Waals surface area (Å²) in [7, 11) is 0. The minimum atomic E-state index is -0.754. The lowest BCUT2D eigenvalue weighted by atomic mass is 9.85. The van der Waals surface area contributed by atoms with Crippen LogP contribution < -0.4 is 5.32 Å². The van der Waals surface area contributed by atoms with Crippen molar-refractivity contribution in [2.45, 2.75) is 70.2 Å². The highest BCUT2D eigenvalue weighted by atomic mass is 32.2. The normalized spacial score (nSPS) is 24.1. The molecule has 1 atom stereocenters. The van der Waals surface area contributed by atoms with Gasteiger partial charge in [-0.2, -0.15) is 11.8 Å². The molecule has 0 radical (unpaired) electrons. The Morgan fingerprint density at radius 2 is 1.89 bits per heavy atom. The second-order valence-corrected chi connectivity index (χ2v) is 7.55. The highest BCUT2D eigenvalue weighted by Crippen LogP contribution is 2.35. The number of thioether (sulfide) groups is 1. The van der Waals surface area contributed by atoms with Gasteiger partial charge in [0.25, 0.3) is 0 Å². The molecule has 112 valence electrons. The summed E-state index contributed by atoms with van der Waals surface area (Å²) in [6, 6.07) is -0.260. The van der Waals surface area contributed by atoms with E-state index in [9.17, 15) is 9.90 Å². The van der Waals surface area contributed by atoms with E-state index in [1.165, 1.54) is 0 Å². The molecule has 0 aliphatic carbocycles. The summed E-state index contributed by atoms with van der Waals surface area (Å²) in [5, 5.41) is 12.6. The number of carboxylic acids is 1. The monoisotopic (exact) mass is 289 g/mol. The van der Waals surface area contributed by atoms with Gasteiger partial charge in [0, 0.05) is 6.04 Å². The lowest BCUT2D eigenvalue weighted by Gasteiger charge is -2.46. The molecule has 0 spiro atoms. The fraction of sp³-hybridized carbons (Fsp3) is 0.929. The van der Waals surface area contributed by atoms with Crippen LogP contribution in [-0.4, -0.2) is 46.4 Å². The van der Waals surface area contributed by atoms with E-state index < -0.39 is 12.0 Å². The Bertz CT molecular complexity index is 302. The van der Waals surface area contributed by atoms with E-state index in [0.717, 1.165) is 18.6 Å². The Kier molecular flexibility index (Phi) is 5.71. The maximum Gasteiger partial charge on any atom is 0.320 e. The minimum Gasteiger partial charge on any atom is -0.480 e. The van der Waals surface area contributed by atoms with E-state index in [-0.39, 0.29) is 17.2 Å². The van der Waals surface area contributed by atoms with Gasteiger partial charge in [-0.3, -0.25) is 4.79 Å². The molecular formula is C14H27NO3S. The molecule has 0 unspecified atom stereocenters. The smallest absolute Gasteiger partial charge is 0.320 e. The zero-order chi connectivity index (χ0) is 14.7. The molecule has 0 aromatic carbocycles. The van der Waals surface area contributed by atoms with Gasteiger partial charge in [0.2, 0.25) is 0 Å². The predicted molar refractivity (Wildman–Crippen MR) is 79.8 cm³/mol. The van der Waals surface area contributed by atoms with E-state index in [1.54, 1.807) is 11.8 Å². The molecule has 0 bridgehead atoms. The minimum absolute atomic E-state index is 0.196. The van der Waals surface area contributed by atoms with Gasteiger partial charge in [-0.15, -0.1) is 0 Å². The van der Waals surface area contributed by atoms with Crippen LogP contribution in [0.25, 0.3) is 0 Å². The first-order valence-corrected chi connectivity index (χ1v) is 8.22. The standard InChI is InChI=1S/C14H27NO3S/c1-13(2)8-10(9-14(3,4)18-13)15-11(12(16)17)6-7-19-5/h10-11,15H,6-9H2,1-5H3,(H,16,17)/t11-/m0/s1. The van der Waals surface area contributed by atoms with E-state index in [0.29, 0.717) is 6.42 Å². The Hall–Kier alpha value is -0.260. The summed E-state index contributed by atoms with van der Waals surface area (Å²) in [4.78, 5) is 11.3. The average Bonchev–Trinajstić information content (AvgIpc) is 2.19. The van der Waals surface area contributed by atoms with Gasteiger partial charge in [0.15, 0.2) is 0 Å². The molecule has 1 rings (SSSR count). The van der Waals surface area contributed by atoms with Crippen molar-refractivity contribution in [2.24, 2.45) is 0 Å². The highest BCUT2D eigenvalue weighted by Gasteiger charge is 2.40. The summed E-state index contributed by atoms with van der Waals surface area (Å²) >= 11 is 1.68. The van der Waals surface area contributed by atoms with Crippen molar-refractivity contribution in [3.63, 3.8) is 0 Å². The second-order valence-electron chi connectivity index (χ2n) is 6.57. The lowest BCUT2D eigenvalue weighted by molar-refractivity contribution is -0.166. The molecule has 1 heterocycles. The molecule has 0 saturated carbocycles. The van der Waals surface area contributed by atoms with Crippen molar-refractivity contribution < 1.29 is 14.6 Å². The second kappa shape index (κ2) is 6.46. The van der Waals surface area contributed by atoms with Crippen LogP contribution in [-0.2, 0) is 9.53 Å². The third kappa shape index (κ3) is 5.71. The van der Waals surface area contributed by atoms with Crippen molar-refractivity contribution >= 4 is 17.7 Å². The number of aliphatic carboxylic acids is 1. The number of hydrogen-bond donors (Lipinski definition) is 2. The number of carbonyl (C=O) groups is 1. The number of ether oxygens (including phenoxy) is 1. The van der Waals surface area contributed by atoms with Gasteiger partial charge in [-0.1, -0.05) is 0 Å². The fourth-order valence-electron chi connectivity index (χ4n) is 3.01. The third-order valence-corrected chi connectivity index (χ3v) is 4.02. The predicted octanol–water partition coefficient (Wildman–Crippen LogP) is 2.52. The van der Waals surface area contributed by atoms with Crippen LogP contribution in [0.4, 0.5) is 0 Å². The van der Waals surface area contributed by atoms with Crippen molar-refractivity contribution in [2.75, 3.05) is 12.0 Å². The Morgan fingerprint density at radius 1 is 1.37 bits per heavy atom. The molecule has 1 fully saturated rings. The molecule has 0 aromatic heterocycles. The number of rotatable bonds is 6. The van der Waals surface area contributed by atoms with Gasteiger partial charge in [-0.25, -0.2) is 0 Å². The lowest BCUT2D eigenvalue weighted by Crippen LogP contribution is -2.55. The van der Waals surface area contributed by atoms with E-state index >= 15 is 0 Å². The molecule has 1 saturated heterocycles.